The molecule has 0 aliphatic carbocycles. The van der Waals surface area contributed by atoms with Crippen molar-refractivity contribution >= 4 is 28.7 Å². The number of carbonyl (C=O) groups excluding carboxylic acids is 1. The van der Waals surface area contributed by atoms with Crippen molar-refractivity contribution in [2.75, 3.05) is 32.8 Å². The molecule has 1 spiro atoms. The fourth-order valence-corrected chi connectivity index (χ4v) is 5.39. The Morgan fingerprint density at radius 2 is 1.30 bits per heavy atom. The Labute approximate surface area is 266 Å². The minimum absolute atomic E-state index is 0.0700. The van der Waals surface area contributed by atoms with Gasteiger partial charge in [0.1, 0.15) is 11.4 Å². The summed E-state index contributed by atoms with van der Waals surface area (Å²) < 4.78 is 69.3. The maximum absolute atomic E-state index is 13.1. The first-order chi connectivity index (χ1) is 22.0. The number of rotatable bonds is 5. The third-order valence-electron chi connectivity index (χ3n) is 8.00. The number of carboxylic acid groups (broad SMARTS) is 2. The number of hydrogen-bond donors (Lipinski definition) is 2. The average Bonchev–Trinajstić information content (AvgIpc) is 3.03. The Hall–Kier alpha value is -4.40. The number of aliphatic carboxylic acids is 2. The lowest BCUT2D eigenvalue weighted by Crippen LogP contribution is -2.48. The van der Waals surface area contributed by atoms with Crippen LogP contribution in [-0.2, 0) is 16.1 Å². The van der Waals surface area contributed by atoms with Crippen molar-refractivity contribution in [2.45, 2.75) is 51.5 Å². The standard InChI is InChI=1S/C28H33N3O2.2C2HF3O2/c1-2-33-26-10-6-4-8-23(26)21-30-17-13-28(14-18-30)15-19-31(20-16-28)27(32)25-12-11-22-7-3-5-9-24(22)29-25;2*3-2(4,5)1(6)7/h3-12H,2,13-21H2,1H3;2*(H,6,7). The van der Waals surface area contributed by atoms with Crippen molar-refractivity contribution in [3.05, 3.63) is 71.9 Å². The number of carbonyl (C=O) groups is 3. The van der Waals surface area contributed by atoms with Gasteiger partial charge >= 0.3 is 24.3 Å². The lowest BCUT2D eigenvalue weighted by atomic mass is 9.71. The molecule has 2 aromatic carbocycles. The summed E-state index contributed by atoms with van der Waals surface area (Å²) in [7, 11) is 0. The van der Waals surface area contributed by atoms with Crippen LogP contribution in [0.3, 0.4) is 0 Å². The summed E-state index contributed by atoms with van der Waals surface area (Å²) in [5.74, 6) is -4.44. The molecule has 3 heterocycles. The summed E-state index contributed by atoms with van der Waals surface area (Å²) in [4.78, 5) is 40.1. The summed E-state index contributed by atoms with van der Waals surface area (Å²) in [6.07, 6.45) is -5.56. The fraction of sp³-hybridized carbons (Fsp3) is 0.438. The largest absolute Gasteiger partial charge is 0.494 e. The molecule has 0 unspecified atom stereocenters. The van der Waals surface area contributed by atoms with Crippen LogP contribution in [0.5, 0.6) is 5.75 Å². The number of aromatic nitrogens is 1. The van der Waals surface area contributed by atoms with Crippen molar-refractivity contribution in [3.63, 3.8) is 0 Å². The van der Waals surface area contributed by atoms with Crippen molar-refractivity contribution in [3.8, 4) is 5.75 Å². The van der Waals surface area contributed by atoms with Gasteiger partial charge in [-0.2, -0.15) is 26.3 Å². The second-order valence-corrected chi connectivity index (χ2v) is 11.1. The normalized spacial score (nSPS) is 16.4. The zero-order valence-electron chi connectivity index (χ0n) is 25.5. The summed E-state index contributed by atoms with van der Waals surface area (Å²) in [5, 5.41) is 15.3. The number of nitrogens with zero attached hydrogens (tertiary/aromatic N) is 3. The highest BCUT2D eigenvalue weighted by Gasteiger charge is 2.40. The van der Waals surface area contributed by atoms with E-state index >= 15 is 0 Å². The quantitative estimate of drug-likeness (QED) is 0.299. The summed E-state index contributed by atoms with van der Waals surface area (Å²) in [6, 6.07) is 20.2. The van der Waals surface area contributed by atoms with E-state index in [2.05, 4.69) is 28.1 Å². The second kappa shape index (κ2) is 15.9. The van der Waals surface area contributed by atoms with Crippen LogP contribution in [0, 0.1) is 5.41 Å². The van der Waals surface area contributed by atoms with E-state index in [1.165, 1.54) is 18.4 Å². The Bertz CT molecular complexity index is 1490. The Kier molecular flexibility index (Phi) is 12.6. The molecule has 0 bridgehead atoms. The second-order valence-electron chi connectivity index (χ2n) is 11.1. The number of amides is 1. The average molecular weight is 672 g/mol. The highest BCUT2D eigenvalue weighted by atomic mass is 19.4. The lowest BCUT2D eigenvalue weighted by Gasteiger charge is -2.47. The predicted molar refractivity (Wildman–Crippen MR) is 159 cm³/mol. The first-order valence-electron chi connectivity index (χ1n) is 14.7. The zero-order chi connectivity index (χ0) is 34.8. The summed E-state index contributed by atoms with van der Waals surface area (Å²) in [5.41, 5.74) is 3.10. The van der Waals surface area contributed by atoms with Gasteiger partial charge in [-0.05, 0) is 69.3 Å². The molecule has 0 atom stereocenters. The molecule has 2 fully saturated rings. The number of fused-ring (bicyclic) bond motifs is 1. The minimum atomic E-state index is -5.08. The number of para-hydroxylation sites is 2. The number of benzene rings is 2. The van der Waals surface area contributed by atoms with Gasteiger partial charge in [0.15, 0.2) is 0 Å². The molecule has 1 aromatic heterocycles. The molecule has 256 valence electrons. The molecule has 5 rings (SSSR count). The van der Waals surface area contributed by atoms with Gasteiger partial charge in [-0.25, -0.2) is 14.6 Å². The Morgan fingerprint density at radius 1 is 0.787 bits per heavy atom. The molecule has 0 saturated carbocycles. The lowest BCUT2D eigenvalue weighted by molar-refractivity contribution is -0.193. The van der Waals surface area contributed by atoms with E-state index in [4.69, 9.17) is 24.5 Å². The van der Waals surface area contributed by atoms with Crippen LogP contribution in [0.4, 0.5) is 26.3 Å². The third-order valence-corrected chi connectivity index (χ3v) is 8.00. The van der Waals surface area contributed by atoms with Gasteiger partial charge in [-0.15, -0.1) is 0 Å². The Morgan fingerprint density at radius 3 is 1.85 bits per heavy atom. The molecule has 2 aliphatic rings. The molecule has 2 aliphatic heterocycles. The monoisotopic (exact) mass is 671 g/mol. The number of pyridine rings is 1. The molecule has 47 heavy (non-hydrogen) atoms. The highest BCUT2D eigenvalue weighted by Crippen LogP contribution is 2.42. The molecule has 9 nitrogen and oxygen atoms in total. The van der Waals surface area contributed by atoms with Crippen molar-refractivity contribution in [2.24, 2.45) is 5.41 Å². The number of ether oxygens (including phenoxy) is 1. The number of alkyl halides is 6. The van der Waals surface area contributed by atoms with E-state index < -0.39 is 24.3 Å². The number of piperidine rings is 2. The van der Waals surface area contributed by atoms with Crippen LogP contribution in [-0.4, -0.2) is 88.0 Å². The van der Waals surface area contributed by atoms with Crippen molar-refractivity contribution < 1.29 is 55.7 Å². The van der Waals surface area contributed by atoms with E-state index in [0.717, 1.165) is 62.2 Å². The summed E-state index contributed by atoms with van der Waals surface area (Å²) in [6.45, 7) is 7.57. The van der Waals surface area contributed by atoms with Crippen LogP contribution in [0.2, 0.25) is 0 Å². The zero-order valence-corrected chi connectivity index (χ0v) is 25.5. The number of carboxylic acids is 2. The SMILES string of the molecule is CCOc1ccccc1CN1CCC2(CC1)CCN(C(=O)c1ccc3ccccc3n1)CC2.O=C(O)C(F)(F)F.O=C(O)C(F)(F)F. The third kappa shape index (κ3) is 10.8. The smallest absolute Gasteiger partial charge is 0.490 e. The molecule has 2 N–H and O–H groups in total. The molecule has 0 radical (unpaired) electrons. The molecule has 15 heteroatoms. The number of halogens is 6. The fourth-order valence-electron chi connectivity index (χ4n) is 5.39. The van der Waals surface area contributed by atoms with Gasteiger partial charge in [-0.1, -0.05) is 42.5 Å². The van der Waals surface area contributed by atoms with Gasteiger partial charge in [-0.3, -0.25) is 9.69 Å². The van der Waals surface area contributed by atoms with Gasteiger partial charge in [0, 0.05) is 30.6 Å². The van der Waals surface area contributed by atoms with E-state index in [1.807, 2.05) is 54.3 Å². The molecule has 2 saturated heterocycles. The number of likely N-dealkylation sites (tertiary alicyclic amines) is 2. The topological polar surface area (TPSA) is 120 Å². The molecule has 3 aromatic rings. The van der Waals surface area contributed by atoms with E-state index in [-0.39, 0.29) is 5.91 Å². The van der Waals surface area contributed by atoms with Gasteiger partial charge in [0.25, 0.3) is 5.91 Å². The van der Waals surface area contributed by atoms with Crippen molar-refractivity contribution in [1.29, 1.82) is 0 Å². The first-order valence-corrected chi connectivity index (χ1v) is 14.7. The maximum atomic E-state index is 13.1. The number of hydrogen-bond acceptors (Lipinski definition) is 6. The predicted octanol–water partition coefficient (Wildman–Crippen LogP) is 6.42. The van der Waals surface area contributed by atoms with Crippen LogP contribution in [0.1, 0.15) is 48.7 Å². The van der Waals surface area contributed by atoms with Gasteiger partial charge < -0.3 is 19.8 Å². The van der Waals surface area contributed by atoms with Crippen LogP contribution < -0.4 is 4.74 Å². The first kappa shape index (κ1) is 37.1. The minimum Gasteiger partial charge on any atom is -0.494 e. The molecular weight excluding hydrogens is 636 g/mol. The van der Waals surface area contributed by atoms with E-state index in [1.54, 1.807) is 0 Å². The maximum Gasteiger partial charge on any atom is 0.490 e. The van der Waals surface area contributed by atoms with Crippen molar-refractivity contribution in [1.82, 2.24) is 14.8 Å². The highest BCUT2D eigenvalue weighted by molar-refractivity contribution is 5.95. The van der Waals surface area contributed by atoms with Crippen LogP contribution in [0.15, 0.2) is 60.7 Å². The van der Waals surface area contributed by atoms with Gasteiger partial charge in [0.05, 0.1) is 12.1 Å². The molecular formula is C32H35F6N3O6. The van der Waals surface area contributed by atoms with Crippen LogP contribution >= 0.6 is 0 Å². The Balaban J connectivity index is 0.000000360. The van der Waals surface area contributed by atoms with Gasteiger partial charge in [0.2, 0.25) is 0 Å². The molecule has 1 amide bonds. The van der Waals surface area contributed by atoms with E-state index in [9.17, 15) is 31.1 Å². The summed E-state index contributed by atoms with van der Waals surface area (Å²) >= 11 is 0. The van der Waals surface area contributed by atoms with Crippen LogP contribution in [0.25, 0.3) is 10.9 Å². The van der Waals surface area contributed by atoms with E-state index in [0.29, 0.717) is 17.7 Å².